The molecule has 1 atom stereocenters. The zero-order valence-corrected chi connectivity index (χ0v) is 15.6. The molecular weight excluding hydrogens is 326 g/mol. The normalized spacial score (nSPS) is 12.8. The number of rotatable bonds is 6. The highest BCUT2D eigenvalue weighted by molar-refractivity contribution is 6.04. The number of ether oxygens (including phenoxy) is 1. The van der Waals surface area contributed by atoms with E-state index in [1.807, 2.05) is 50.2 Å². The zero-order valence-electron chi connectivity index (χ0n) is 15.6. The lowest BCUT2D eigenvalue weighted by molar-refractivity contribution is 0.190. The van der Waals surface area contributed by atoms with E-state index in [-0.39, 0.29) is 11.9 Å². The summed E-state index contributed by atoms with van der Waals surface area (Å²) >= 11 is 0. The number of hydrogen-bond acceptors (Lipinski definition) is 4. The molecule has 5 heteroatoms. The summed E-state index contributed by atoms with van der Waals surface area (Å²) in [5.41, 5.74) is 5.75. The van der Waals surface area contributed by atoms with Crippen LogP contribution in [0.1, 0.15) is 23.6 Å². The highest BCUT2D eigenvalue weighted by atomic mass is 16.5. The van der Waals surface area contributed by atoms with E-state index in [4.69, 9.17) is 4.74 Å². The van der Waals surface area contributed by atoms with Crippen molar-refractivity contribution in [3.63, 3.8) is 0 Å². The van der Waals surface area contributed by atoms with Crippen LogP contribution in [0.3, 0.4) is 0 Å². The molecule has 136 valence electrons. The molecule has 1 heterocycles. The molecule has 3 N–H and O–H groups in total. The molecule has 2 aromatic carbocycles. The molecule has 0 aliphatic carbocycles. The topological polar surface area (TPSA) is 69.6 Å². The third-order valence-corrected chi connectivity index (χ3v) is 4.42. The number of aromatic nitrogens is 1. The highest BCUT2D eigenvalue weighted by Gasteiger charge is 2.11. The highest BCUT2D eigenvalue weighted by Crippen LogP contribution is 2.29. The molecule has 1 aromatic heterocycles. The molecule has 0 saturated carbocycles. The van der Waals surface area contributed by atoms with Crippen molar-refractivity contribution in [2.24, 2.45) is 4.99 Å². The van der Waals surface area contributed by atoms with Gasteiger partial charge >= 0.3 is 0 Å². The van der Waals surface area contributed by atoms with E-state index >= 15 is 0 Å². The van der Waals surface area contributed by atoms with Crippen molar-refractivity contribution >= 4 is 28.5 Å². The molecule has 0 fully saturated rings. The van der Waals surface area contributed by atoms with Gasteiger partial charge in [-0.1, -0.05) is 12.1 Å². The van der Waals surface area contributed by atoms with E-state index in [1.165, 1.54) is 0 Å². The van der Waals surface area contributed by atoms with Gasteiger partial charge in [0.2, 0.25) is 0 Å². The Labute approximate surface area is 153 Å². The Balaban J connectivity index is 1.86. The molecule has 0 bridgehead atoms. The summed E-state index contributed by atoms with van der Waals surface area (Å²) in [5, 5.41) is 14.6. The van der Waals surface area contributed by atoms with E-state index < -0.39 is 0 Å². The lowest BCUT2D eigenvalue weighted by atomic mass is 10.1. The van der Waals surface area contributed by atoms with Crippen LogP contribution in [-0.2, 0) is 4.74 Å². The van der Waals surface area contributed by atoms with Crippen molar-refractivity contribution in [2.75, 3.05) is 19.0 Å². The largest absolute Gasteiger partial charge is 0.494 e. The van der Waals surface area contributed by atoms with Gasteiger partial charge in [0, 0.05) is 36.0 Å². The molecule has 3 aromatic rings. The van der Waals surface area contributed by atoms with Crippen molar-refractivity contribution in [2.45, 2.75) is 26.8 Å². The molecular formula is C21H25N3O2. The first-order valence-corrected chi connectivity index (χ1v) is 8.70. The fourth-order valence-corrected chi connectivity index (χ4v) is 3.15. The number of aryl methyl sites for hydroxylation is 2. The maximum absolute atomic E-state index is 10.2. The fraction of sp³-hybridized carbons (Fsp3) is 0.286. The van der Waals surface area contributed by atoms with E-state index in [0.717, 1.165) is 33.4 Å². The summed E-state index contributed by atoms with van der Waals surface area (Å²) in [6.45, 7) is 6.81. The number of anilines is 1. The van der Waals surface area contributed by atoms with Gasteiger partial charge < -0.3 is 20.1 Å². The summed E-state index contributed by atoms with van der Waals surface area (Å²) in [6, 6.07) is 12.2. The summed E-state index contributed by atoms with van der Waals surface area (Å²) < 4.78 is 5.16. The van der Waals surface area contributed by atoms with Crippen LogP contribution in [-0.4, -0.2) is 36.1 Å². The Morgan fingerprint density at radius 3 is 2.77 bits per heavy atom. The Bertz CT molecular complexity index is 944. The molecule has 0 amide bonds. The number of aromatic amines is 1. The smallest absolute Gasteiger partial charge is 0.198 e. The van der Waals surface area contributed by atoms with Crippen molar-refractivity contribution in [1.29, 1.82) is 0 Å². The van der Waals surface area contributed by atoms with Crippen molar-refractivity contribution in [3.8, 4) is 5.88 Å². The van der Waals surface area contributed by atoms with E-state index in [2.05, 4.69) is 22.2 Å². The van der Waals surface area contributed by atoms with E-state index in [0.29, 0.717) is 12.2 Å². The van der Waals surface area contributed by atoms with Crippen LogP contribution >= 0.6 is 0 Å². The number of methoxy groups -OCH3 is 1. The van der Waals surface area contributed by atoms with Crippen molar-refractivity contribution in [3.05, 3.63) is 53.1 Å². The van der Waals surface area contributed by atoms with Gasteiger partial charge in [-0.15, -0.1) is 0 Å². The molecule has 0 saturated heterocycles. The van der Waals surface area contributed by atoms with Gasteiger partial charge in [-0.05, 0) is 56.2 Å². The van der Waals surface area contributed by atoms with Crippen LogP contribution in [0.4, 0.5) is 11.4 Å². The van der Waals surface area contributed by atoms with Crippen LogP contribution in [0.2, 0.25) is 0 Å². The summed E-state index contributed by atoms with van der Waals surface area (Å²) in [7, 11) is 1.70. The van der Waals surface area contributed by atoms with Crippen LogP contribution in [0.15, 0.2) is 41.4 Å². The average Bonchev–Trinajstić information content (AvgIpc) is 2.92. The van der Waals surface area contributed by atoms with Crippen LogP contribution < -0.4 is 5.32 Å². The number of nitrogens with one attached hydrogen (secondary N) is 2. The number of aliphatic imine (C=N–C) groups is 1. The molecule has 3 rings (SSSR count). The SMILES string of the molecule is COCC(C)Nc1ccc(N=Cc2c(O)[nH]c3cccc(C)c23)cc1C. The Morgan fingerprint density at radius 2 is 2.04 bits per heavy atom. The molecule has 0 aliphatic heterocycles. The third-order valence-electron chi connectivity index (χ3n) is 4.42. The second-order valence-electron chi connectivity index (χ2n) is 6.64. The Hall–Kier alpha value is -2.79. The van der Waals surface area contributed by atoms with Gasteiger partial charge in [0.05, 0.1) is 17.9 Å². The fourth-order valence-electron chi connectivity index (χ4n) is 3.15. The van der Waals surface area contributed by atoms with Crippen LogP contribution in [0, 0.1) is 13.8 Å². The minimum atomic E-state index is 0.140. The third kappa shape index (κ3) is 3.73. The minimum Gasteiger partial charge on any atom is -0.494 e. The van der Waals surface area contributed by atoms with Crippen LogP contribution in [0.5, 0.6) is 5.88 Å². The van der Waals surface area contributed by atoms with Crippen molar-refractivity contribution in [1.82, 2.24) is 4.98 Å². The molecule has 0 radical (unpaired) electrons. The number of fused-ring (bicyclic) bond motifs is 1. The van der Waals surface area contributed by atoms with Gasteiger partial charge in [-0.25, -0.2) is 0 Å². The first kappa shape index (κ1) is 18.0. The van der Waals surface area contributed by atoms with Crippen molar-refractivity contribution < 1.29 is 9.84 Å². The van der Waals surface area contributed by atoms with Gasteiger partial charge in [0.15, 0.2) is 5.88 Å². The number of H-pyrrole nitrogens is 1. The number of hydrogen-bond donors (Lipinski definition) is 3. The minimum absolute atomic E-state index is 0.140. The predicted molar refractivity (Wildman–Crippen MR) is 108 cm³/mol. The molecule has 5 nitrogen and oxygen atoms in total. The molecule has 0 spiro atoms. The van der Waals surface area contributed by atoms with E-state index in [9.17, 15) is 5.11 Å². The first-order chi connectivity index (χ1) is 12.5. The molecule has 26 heavy (non-hydrogen) atoms. The maximum Gasteiger partial charge on any atom is 0.198 e. The number of nitrogens with zero attached hydrogens (tertiary/aromatic N) is 1. The molecule has 1 unspecified atom stereocenters. The maximum atomic E-state index is 10.2. The quantitative estimate of drug-likeness (QED) is 0.564. The lowest BCUT2D eigenvalue weighted by Gasteiger charge is -2.16. The standard InChI is InChI=1S/C21H25N3O2/c1-13-6-5-7-19-20(13)17(21(25)24-19)11-22-16-8-9-18(14(2)10-16)23-15(3)12-26-4/h5-11,15,23-25H,12H2,1-4H3. The summed E-state index contributed by atoms with van der Waals surface area (Å²) in [6.07, 6.45) is 1.72. The first-order valence-electron chi connectivity index (χ1n) is 8.70. The lowest BCUT2D eigenvalue weighted by Crippen LogP contribution is -2.21. The Kier molecular flexibility index (Phi) is 5.28. The second-order valence-corrected chi connectivity index (χ2v) is 6.64. The monoisotopic (exact) mass is 351 g/mol. The second kappa shape index (κ2) is 7.62. The predicted octanol–water partition coefficient (Wildman–Crippen LogP) is 4.69. The van der Waals surface area contributed by atoms with Crippen LogP contribution in [0.25, 0.3) is 10.9 Å². The van der Waals surface area contributed by atoms with Gasteiger partial charge in [-0.2, -0.15) is 0 Å². The molecule has 0 aliphatic rings. The van der Waals surface area contributed by atoms with Gasteiger partial charge in [0.25, 0.3) is 0 Å². The Morgan fingerprint density at radius 1 is 1.23 bits per heavy atom. The number of aromatic hydroxyl groups is 1. The van der Waals surface area contributed by atoms with E-state index in [1.54, 1.807) is 13.3 Å². The summed E-state index contributed by atoms with van der Waals surface area (Å²) in [5.74, 6) is 0.140. The zero-order chi connectivity index (χ0) is 18.7. The van der Waals surface area contributed by atoms with Gasteiger partial charge in [-0.3, -0.25) is 4.99 Å². The number of benzene rings is 2. The summed E-state index contributed by atoms with van der Waals surface area (Å²) in [4.78, 5) is 7.56. The van der Waals surface area contributed by atoms with Gasteiger partial charge in [0.1, 0.15) is 0 Å². The average molecular weight is 351 g/mol.